The maximum absolute atomic E-state index is 4.66. The number of hydrogen-bond acceptors (Lipinski definition) is 2. The number of aromatic nitrogens is 2. The third-order valence-corrected chi connectivity index (χ3v) is 10.2. The summed E-state index contributed by atoms with van der Waals surface area (Å²) in [5.74, 6) is 0. The van der Waals surface area contributed by atoms with Crippen molar-refractivity contribution in [3.63, 3.8) is 0 Å². The quantitative estimate of drug-likeness (QED) is 0.202. The first kappa shape index (κ1) is 25.3. The number of rotatable bonds is 4. The minimum atomic E-state index is 1.12. The molecule has 0 N–H and O–H groups in total. The maximum atomic E-state index is 4.66. The summed E-state index contributed by atoms with van der Waals surface area (Å²) in [6.07, 6.45) is 10.9. The van der Waals surface area contributed by atoms with E-state index in [0.717, 1.165) is 12.8 Å². The van der Waals surface area contributed by atoms with Gasteiger partial charge in [-0.2, -0.15) is 0 Å². The highest BCUT2D eigenvalue weighted by atomic mass is 32.1. The summed E-state index contributed by atoms with van der Waals surface area (Å²) in [5.41, 5.74) is 12.2. The lowest BCUT2D eigenvalue weighted by Crippen LogP contribution is -1.94. The molecule has 5 aromatic carbocycles. The van der Waals surface area contributed by atoms with E-state index in [1.54, 1.807) is 0 Å². The van der Waals surface area contributed by atoms with Crippen LogP contribution >= 0.6 is 11.3 Å². The van der Waals surface area contributed by atoms with Gasteiger partial charge in [-0.15, -0.1) is 11.3 Å². The Bertz CT molecular complexity index is 2350. The topological polar surface area (TPSA) is 17.8 Å². The van der Waals surface area contributed by atoms with E-state index in [1.165, 1.54) is 81.4 Å². The second-order valence-corrected chi connectivity index (χ2v) is 12.6. The molecule has 3 heteroatoms. The third-order valence-electron chi connectivity index (χ3n) is 8.92. The van der Waals surface area contributed by atoms with Crippen LogP contribution in [-0.4, -0.2) is 9.55 Å². The SMILES string of the molecule is C1=Cc2c(sc3c(-c4cccc(-c5cccc(-c6cccc(-n7c8ccccc8c8ccccc87)c6)c5)c4)cncc23)CC1. The lowest BCUT2D eigenvalue weighted by Gasteiger charge is -2.12. The molecule has 0 atom stereocenters. The molecule has 1 aliphatic carbocycles. The van der Waals surface area contributed by atoms with Crippen LogP contribution < -0.4 is 0 Å². The fourth-order valence-electron chi connectivity index (χ4n) is 6.84. The Morgan fingerprint density at radius 3 is 1.91 bits per heavy atom. The number of benzene rings is 5. The van der Waals surface area contributed by atoms with Crippen LogP contribution in [0.5, 0.6) is 0 Å². The van der Waals surface area contributed by atoms with Gasteiger partial charge >= 0.3 is 0 Å². The smallest absolute Gasteiger partial charge is 0.0541 e. The summed E-state index contributed by atoms with van der Waals surface area (Å²) in [7, 11) is 0. The van der Waals surface area contributed by atoms with Crippen LogP contribution in [0.15, 0.2) is 140 Å². The van der Waals surface area contributed by atoms with Crippen molar-refractivity contribution in [3.8, 4) is 39.1 Å². The first-order valence-corrected chi connectivity index (χ1v) is 16.0. The van der Waals surface area contributed by atoms with Crippen molar-refractivity contribution >= 4 is 49.3 Å². The van der Waals surface area contributed by atoms with Gasteiger partial charge < -0.3 is 4.57 Å². The van der Waals surface area contributed by atoms with Crippen molar-refractivity contribution in [1.29, 1.82) is 0 Å². The molecular weight excluding hydrogens is 553 g/mol. The van der Waals surface area contributed by atoms with Gasteiger partial charge in [0.25, 0.3) is 0 Å². The number of hydrogen-bond donors (Lipinski definition) is 0. The molecule has 0 unspecified atom stereocenters. The zero-order chi connectivity index (χ0) is 29.0. The molecule has 8 aromatic rings. The molecule has 0 spiro atoms. The van der Waals surface area contributed by atoms with Gasteiger partial charge in [0.15, 0.2) is 0 Å². The molecule has 208 valence electrons. The minimum absolute atomic E-state index is 1.12. The van der Waals surface area contributed by atoms with E-state index in [0.29, 0.717) is 0 Å². The number of fused-ring (bicyclic) bond motifs is 6. The van der Waals surface area contributed by atoms with Gasteiger partial charge in [0.1, 0.15) is 0 Å². The average molecular weight is 581 g/mol. The summed E-state index contributed by atoms with van der Waals surface area (Å²) < 4.78 is 3.72. The van der Waals surface area contributed by atoms with E-state index in [1.807, 2.05) is 23.7 Å². The lowest BCUT2D eigenvalue weighted by molar-refractivity contribution is 1.02. The number of nitrogens with zero attached hydrogens (tertiary/aromatic N) is 2. The maximum Gasteiger partial charge on any atom is 0.0541 e. The van der Waals surface area contributed by atoms with Crippen molar-refractivity contribution in [1.82, 2.24) is 9.55 Å². The minimum Gasteiger partial charge on any atom is -0.309 e. The van der Waals surface area contributed by atoms with Gasteiger partial charge in [0, 0.05) is 49.4 Å². The molecular formula is C41H28N2S. The molecule has 0 aliphatic heterocycles. The Kier molecular flexibility index (Phi) is 5.85. The fraction of sp³-hybridized carbons (Fsp3) is 0.0488. The molecule has 0 amide bonds. The summed E-state index contributed by atoms with van der Waals surface area (Å²) >= 11 is 1.93. The van der Waals surface area contributed by atoms with Crippen LogP contribution in [0.2, 0.25) is 0 Å². The monoisotopic (exact) mass is 580 g/mol. The number of pyridine rings is 1. The largest absolute Gasteiger partial charge is 0.309 e. The zero-order valence-electron chi connectivity index (χ0n) is 24.1. The Morgan fingerprint density at radius 1 is 0.568 bits per heavy atom. The Morgan fingerprint density at radius 2 is 1.18 bits per heavy atom. The fourth-order valence-corrected chi connectivity index (χ4v) is 8.15. The first-order chi connectivity index (χ1) is 21.8. The highest BCUT2D eigenvalue weighted by molar-refractivity contribution is 7.20. The molecule has 2 nitrogen and oxygen atoms in total. The van der Waals surface area contributed by atoms with Crippen molar-refractivity contribution in [3.05, 3.63) is 150 Å². The van der Waals surface area contributed by atoms with Crippen molar-refractivity contribution < 1.29 is 0 Å². The predicted molar refractivity (Wildman–Crippen MR) is 188 cm³/mol. The molecule has 0 fully saturated rings. The van der Waals surface area contributed by atoms with E-state index in [4.69, 9.17) is 0 Å². The Balaban J connectivity index is 1.12. The molecule has 3 heterocycles. The van der Waals surface area contributed by atoms with Gasteiger partial charge in [-0.3, -0.25) is 4.98 Å². The summed E-state index contributed by atoms with van der Waals surface area (Å²) in [5, 5.41) is 3.83. The number of aryl methyl sites for hydroxylation is 1. The van der Waals surface area contributed by atoms with Gasteiger partial charge in [-0.25, -0.2) is 0 Å². The summed E-state index contributed by atoms with van der Waals surface area (Å²) in [6, 6.07) is 44.1. The highest BCUT2D eigenvalue weighted by Crippen LogP contribution is 2.41. The van der Waals surface area contributed by atoms with E-state index in [-0.39, 0.29) is 0 Å². The first-order valence-electron chi connectivity index (χ1n) is 15.2. The average Bonchev–Trinajstić information content (AvgIpc) is 3.65. The van der Waals surface area contributed by atoms with Crippen LogP contribution in [0, 0.1) is 0 Å². The van der Waals surface area contributed by atoms with Gasteiger partial charge in [0.2, 0.25) is 0 Å². The van der Waals surface area contributed by atoms with Crippen molar-refractivity contribution in [2.75, 3.05) is 0 Å². The van der Waals surface area contributed by atoms with Gasteiger partial charge in [0.05, 0.1) is 11.0 Å². The van der Waals surface area contributed by atoms with E-state index in [9.17, 15) is 0 Å². The molecule has 0 saturated heterocycles. The van der Waals surface area contributed by atoms with E-state index >= 15 is 0 Å². The molecule has 3 aromatic heterocycles. The number of para-hydroxylation sites is 2. The second-order valence-electron chi connectivity index (χ2n) is 11.5. The molecule has 1 aliphatic rings. The Hall–Kier alpha value is -5.25. The molecule has 0 saturated carbocycles. The van der Waals surface area contributed by atoms with Crippen LogP contribution in [-0.2, 0) is 6.42 Å². The van der Waals surface area contributed by atoms with Crippen LogP contribution in [0.1, 0.15) is 16.9 Å². The van der Waals surface area contributed by atoms with E-state index in [2.05, 4.69) is 143 Å². The van der Waals surface area contributed by atoms with Crippen molar-refractivity contribution in [2.45, 2.75) is 12.8 Å². The van der Waals surface area contributed by atoms with Crippen LogP contribution in [0.25, 0.3) is 77.0 Å². The number of allylic oxidation sites excluding steroid dienone is 1. The lowest BCUT2D eigenvalue weighted by atomic mass is 9.96. The predicted octanol–water partition coefficient (Wildman–Crippen LogP) is 11.4. The Labute approximate surface area is 260 Å². The highest BCUT2D eigenvalue weighted by Gasteiger charge is 2.17. The third kappa shape index (κ3) is 4.05. The van der Waals surface area contributed by atoms with Gasteiger partial charge in [-0.1, -0.05) is 97.1 Å². The van der Waals surface area contributed by atoms with Crippen LogP contribution in [0.4, 0.5) is 0 Å². The molecule has 0 bridgehead atoms. The normalized spacial score (nSPS) is 12.7. The standard InChI is InChI=1S/C41H28N2S/c1-4-19-38-33(16-1)34-17-2-5-20-39(34)43(38)32-15-9-13-30(24-32)28-11-7-10-27(22-28)29-12-8-14-31(23-29)36-25-42-26-37-35-18-3-6-21-40(35)44-41(36)37/h1-5,7-20,22-26H,6,21H2. The molecule has 9 rings (SSSR count). The van der Waals surface area contributed by atoms with Gasteiger partial charge in [-0.05, 0) is 82.6 Å². The second kappa shape index (κ2) is 10.2. The van der Waals surface area contributed by atoms with E-state index < -0.39 is 0 Å². The molecule has 0 radical (unpaired) electrons. The van der Waals surface area contributed by atoms with Crippen molar-refractivity contribution in [2.24, 2.45) is 0 Å². The summed E-state index contributed by atoms with van der Waals surface area (Å²) in [4.78, 5) is 6.14. The zero-order valence-corrected chi connectivity index (χ0v) is 24.9. The summed E-state index contributed by atoms with van der Waals surface area (Å²) in [6.45, 7) is 0. The molecule has 44 heavy (non-hydrogen) atoms. The number of thiophene rings is 1. The van der Waals surface area contributed by atoms with Crippen LogP contribution in [0.3, 0.4) is 0 Å².